The van der Waals surface area contributed by atoms with Crippen molar-refractivity contribution in [3.8, 4) is 11.6 Å². The predicted octanol–water partition coefficient (Wildman–Crippen LogP) is 0.0186. The molecule has 0 aliphatic carbocycles. The molecular formula is C13H13N3O6S. The van der Waals surface area contributed by atoms with E-state index in [4.69, 9.17) is 0 Å². The topological polar surface area (TPSA) is 153 Å². The van der Waals surface area contributed by atoms with E-state index in [1.54, 1.807) is 0 Å². The Bertz CT molecular complexity index is 987. The molecule has 9 nitrogen and oxygen atoms in total. The zero-order valence-electron chi connectivity index (χ0n) is 11.9. The standard InChI is InChI=1S/C13H13N3O6S/c1-2-23(21,22)7-3-4-10(17)9(5-7)14-6-8-11(18)15-13(20)16-12(8)19/h3-6,17H,2H2,1H3,(H3,15,16,18,19,20). The third-order valence-corrected chi connectivity index (χ3v) is 4.71. The Hall–Kier alpha value is -2.88. The van der Waals surface area contributed by atoms with Gasteiger partial charge in [0.15, 0.2) is 9.84 Å². The Morgan fingerprint density at radius 1 is 1.22 bits per heavy atom. The summed E-state index contributed by atoms with van der Waals surface area (Å²) in [6, 6.07) is 3.53. The molecule has 0 bridgehead atoms. The summed E-state index contributed by atoms with van der Waals surface area (Å²) in [6.07, 6.45) is 0.904. The number of phenolic OH excluding ortho intramolecular Hbond substituents is 1. The predicted molar refractivity (Wildman–Crippen MR) is 82.4 cm³/mol. The molecule has 0 aliphatic rings. The number of nitrogens with zero attached hydrogens (tertiary/aromatic N) is 1. The van der Waals surface area contributed by atoms with Crippen LogP contribution in [-0.2, 0) is 9.84 Å². The van der Waals surface area contributed by atoms with E-state index in [-0.39, 0.29) is 27.6 Å². The van der Waals surface area contributed by atoms with E-state index in [2.05, 4.69) is 4.99 Å². The quantitative estimate of drug-likeness (QED) is 0.576. The first-order valence-corrected chi connectivity index (χ1v) is 8.05. The van der Waals surface area contributed by atoms with E-state index < -0.39 is 27.0 Å². The van der Waals surface area contributed by atoms with Crippen LogP contribution < -0.4 is 11.2 Å². The summed E-state index contributed by atoms with van der Waals surface area (Å²) in [5.41, 5.74) is -2.22. The maximum Gasteiger partial charge on any atom is 0.328 e. The number of aliphatic imine (C=N–C) groups is 1. The van der Waals surface area contributed by atoms with Crippen molar-refractivity contribution in [2.45, 2.75) is 11.8 Å². The van der Waals surface area contributed by atoms with E-state index in [0.717, 1.165) is 18.3 Å². The third-order valence-electron chi connectivity index (χ3n) is 2.98. The number of rotatable bonds is 4. The van der Waals surface area contributed by atoms with E-state index in [9.17, 15) is 28.2 Å². The van der Waals surface area contributed by atoms with Crippen molar-refractivity contribution in [2.24, 2.45) is 4.99 Å². The van der Waals surface area contributed by atoms with Gasteiger partial charge in [0.2, 0.25) is 5.88 Å². The van der Waals surface area contributed by atoms with Crippen molar-refractivity contribution >= 4 is 21.7 Å². The Kier molecular flexibility index (Phi) is 4.36. The molecule has 4 N–H and O–H groups in total. The first kappa shape index (κ1) is 16.5. The van der Waals surface area contributed by atoms with Gasteiger partial charge in [-0.1, -0.05) is 6.92 Å². The maximum absolute atomic E-state index is 11.8. The number of H-pyrrole nitrogens is 2. The lowest BCUT2D eigenvalue weighted by Crippen LogP contribution is -2.24. The van der Waals surface area contributed by atoms with Crippen LogP contribution in [0, 0.1) is 0 Å². The molecule has 122 valence electrons. The van der Waals surface area contributed by atoms with Crippen LogP contribution >= 0.6 is 0 Å². The van der Waals surface area contributed by atoms with Gasteiger partial charge in [-0.25, -0.2) is 13.2 Å². The molecule has 23 heavy (non-hydrogen) atoms. The number of sulfone groups is 1. The highest BCUT2D eigenvalue weighted by molar-refractivity contribution is 7.91. The summed E-state index contributed by atoms with van der Waals surface area (Å²) >= 11 is 0. The summed E-state index contributed by atoms with van der Waals surface area (Å²) < 4.78 is 23.6. The zero-order chi connectivity index (χ0) is 17.2. The minimum atomic E-state index is -3.49. The zero-order valence-corrected chi connectivity index (χ0v) is 12.7. The van der Waals surface area contributed by atoms with Crippen LogP contribution in [0.15, 0.2) is 37.7 Å². The largest absolute Gasteiger partial charge is 0.506 e. The molecule has 1 aromatic heterocycles. The van der Waals surface area contributed by atoms with E-state index in [0.29, 0.717) is 0 Å². The smallest absolute Gasteiger partial charge is 0.328 e. The van der Waals surface area contributed by atoms with Crippen LogP contribution in [0.4, 0.5) is 5.69 Å². The van der Waals surface area contributed by atoms with Gasteiger partial charge in [0.05, 0.1) is 10.6 Å². The number of aromatic amines is 2. The summed E-state index contributed by atoms with van der Waals surface area (Å²) in [7, 11) is -3.49. The second kappa shape index (κ2) is 6.08. The summed E-state index contributed by atoms with van der Waals surface area (Å²) in [6.45, 7) is 1.48. The summed E-state index contributed by atoms with van der Waals surface area (Å²) in [5.74, 6) is -1.13. The van der Waals surface area contributed by atoms with Gasteiger partial charge >= 0.3 is 5.69 Å². The lowest BCUT2D eigenvalue weighted by molar-refractivity contribution is 0.447. The minimum Gasteiger partial charge on any atom is -0.506 e. The van der Waals surface area contributed by atoms with Gasteiger partial charge in [0.25, 0.3) is 5.56 Å². The van der Waals surface area contributed by atoms with Crippen molar-refractivity contribution in [2.75, 3.05) is 5.75 Å². The summed E-state index contributed by atoms with van der Waals surface area (Å²) in [5, 5.41) is 19.2. The van der Waals surface area contributed by atoms with Crippen LogP contribution in [0.2, 0.25) is 0 Å². The molecule has 0 unspecified atom stereocenters. The van der Waals surface area contributed by atoms with E-state index in [1.807, 2.05) is 9.97 Å². The molecule has 0 aliphatic heterocycles. The molecule has 0 saturated heterocycles. The van der Waals surface area contributed by atoms with Gasteiger partial charge in [0.1, 0.15) is 17.0 Å². The number of hydrogen-bond donors (Lipinski definition) is 4. The second-order valence-electron chi connectivity index (χ2n) is 4.48. The summed E-state index contributed by atoms with van der Waals surface area (Å²) in [4.78, 5) is 30.1. The fourth-order valence-electron chi connectivity index (χ4n) is 1.70. The molecule has 0 atom stereocenters. The number of hydrogen-bond acceptors (Lipinski definition) is 7. The average molecular weight is 339 g/mol. The molecule has 0 saturated carbocycles. The van der Waals surface area contributed by atoms with Gasteiger partial charge in [-0.15, -0.1) is 0 Å². The molecule has 0 radical (unpaired) electrons. The number of aromatic hydroxyl groups is 2. The van der Waals surface area contributed by atoms with Gasteiger partial charge < -0.3 is 10.2 Å². The van der Waals surface area contributed by atoms with Crippen molar-refractivity contribution < 1.29 is 18.6 Å². The van der Waals surface area contributed by atoms with Crippen LogP contribution in [0.25, 0.3) is 0 Å². The Morgan fingerprint density at radius 2 is 1.91 bits per heavy atom. The van der Waals surface area contributed by atoms with Crippen LogP contribution in [0.3, 0.4) is 0 Å². The lowest BCUT2D eigenvalue weighted by atomic mass is 10.3. The van der Waals surface area contributed by atoms with Crippen LogP contribution in [-0.4, -0.2) is 40.6 Å². The molecule has 10 heteroatoms. The Labute approximate surface area is 129 Å². The lowest BCUT2D eigenvalue weighted by Gasteiger charge is -2.04. The first-order valence-electron chi connectivity index (χ1n) is 6.40. The van der Waals surface area contributed by atoms with Crippen molar-refractivity contribution in [3.05, 3.63) is 44.6 Å². The number of benzene rings is 1. The third kappa shape index (κ3) is 3.48. The minimum absolute atomic E-state index is 0.0375. The number of phenols is 1. The Morgan fingerprint density at radius 3 is 2.52 bits per heavy atom. The van der Waals surface area contributed by atoms with E-state index >= 15 is 0 Å². The highest BCUT2D eigenvalue weighted by atomic mass is 32.2. The fraction of sp³-hybridized carbons (Fsp3) is 0.154. The van der Waals surface area contributed by atoms with Crippen molar-refractivity contribution in [3.63, 3.8) is 0 Å². The van der Waals surface area contributed by atoms with Gasteiger partial charge in [-0.05, 0) is 18.2 Å². The first-order chi connectivity index (χ1) is 10.7. The molecule has 1 heterocycles. The van der Waals surface area contributed by atoms with Gasteiger partial charge in [-0.3, -0.25) is 19.8 Å². The van der Waals surface area contributed by atoms with E-state index in [1.165, 1.54) is 13.0 Å². The van der Waals surface area contributed by atoms with Crippen LogP contribution in [0.1, 0.15) is 12.5 Å². The number of aromatic nitrogens is 2. The van der Waals surface area contributed by atoms with Gasteiger partial charge in [-0.2, -0.15) is 0 Å². The molecule has 0 fully saturated rings. The second-order valence-corrected chi connectivity index (χ2v) is 6.76. The maximum atomic E-state index is 11.8. The highest BCUT2D eigenvalue weighted by Crippen LogP contribution is 2.29. The average Bonchev–Trinajstić information content (AvgIpc) is 2.47. The molecule has 0 amide bonds. The fourth-order valence-corrected chi connectivity index (χ4v) is 2.60. The highest BCUT2D eigenvalue weighted by Gasteiger charge is 2.14. The molecule has 1 aromatic carbocycles. The normalized spacial score (nSPS) is 11.9. The molecule has 2 aromatic rings. The Balaban J connectivity index is 2.51. The van der Waals surface area contributed by atoms with Crippen molar-refractivity contribution in [1.82, 2.24) is 9.97 Å². The van der Waals surface area contributed by atoms with Crippen LogP contribution in [0.5, 0.6) is 11.6 Å². The molecule has 0 spiro atoms. The monoisotopic (exact) mass is 339 g/mol. The van der Waals surface area contributed by atoms with Crippen molar-refractivity contribution in [1.29, 1.82) is 0 Å². The molecular weight excluding hydrogens is 326 g/mol. The molecule has 2 rings (SSSR count). The van der Waals surface area contributed by atoms with Gasteiger partial charge in [0, 0.05) is 6.21 Å². The number of nitrogens with one attached hydrogen (secondary N) is 2. The SMILES string of the molecule is CCS(=O)(=O)c1ccc(O)c(N=Cc2c(O)[nH]c(=O)[nH]c2=O)c1.